The van der Waals surface area contributed by atoms with Gasteiger partial charge in [-0.05, 0) is 36.7 Å². The van der Waals surface area contributed by atoms with E-state index >= 15 is 0 Å². The molecule has 0 aromatic carbocycles. The van der Waals surface area contributed by atoms with Crippen molar-refractivity contribution in [3.8, 4) is 0 Å². The third kappa shape index (κ3) is 2.84. The van der Waals surface area contributed by atoms with E-state index in [9.17, 15) is 0 Å². The Morgan fingerprint density at radius 3 is 2.75 bits per heavy atom. The highest BCUT2D eigenvalue weighted by Gasteiger charge is 2.08. The largest absolute Gasteiger partial charge is 0.363 e. The number of hydrogen-bond acceptors (Lipinski definition) is 4. The predicted octanol–water partition coefficient (Wildman–Crippen LogP) is 4.02. The summed E-state index contributed by atoms with van der Waals surface area (Å²) in [6.45, 7) is 2.04. The van der Waals surface area contributed by atoms with Crippen LogP contribution in [0.25, 0.3) is 0 Å². The van der Waals surface area contributed by atoms with Gasteiger partial charge in [-0.25, -0.2) is 9.97 Å². The normalized spacial score (nSPS) is 12.4. The number of nitrogens with zero attached hydrogens (tertiary/aromatic N) is 2. The molecule has 0 aliphatic heterocycles. The first-order valence-corrected chi connectivity index (χ1v) is 6.23. The molecule has 1 N–H and O–H groups in total. The molecular formula is C10H9Cl2N3S. The van der Waals surface area contributed by atoms with Gasteiger partial charge in [0.05, 0.1) is 10.4 Å². The van der Waals surface area contributed by atoms with Crippen molar-refractivity contribution < 1.29 is 0 Å². The molecule has 0 aliphatic carbocycles. The molecule has 2 aromatic rings. The van der Waals surface area contributed by atoms with E-state index in [0.717, 1.165) is 9.21 Å². The van der Waals surface area contributed by atoms with Gasteiger partial charge in [-0.3, -0.25) is 0 Å². The van der Waals surface area contributed by atoms with Gasteiger partial charge in [0, 0.05) is 11.1 Å². The highest BCUT2D eigenvalue weighted by Crippen LogP contribution is 2.28. The van der Waals surface area contributed by atoms with Crippen molar-refractivity contribution in [2.75, 3.05) is 5.32 Å². The Morgan fingerprint density at radius 2 is 2.12 bits per heavy atom. The Balaban J connectivity index is 2.10. The summed E-state index contributed by atoms with van der Waals surface area (Å²) >= 11 is 13.1. The molecule has 1 unspecified atom stereocenters. The van der Waals surface area contributed by atoms with Gasteiger partial charge < -0.3 is 5.32 Å². The minimum Gasteiger partial charge on any atom is -0.363 e. The second-order valence-electron chi connectivity index (χ2n) is 3.22. The van der Waals surface area contributed by atoms with Crippen LogP contribution < -0.4 is 5.32 Å². The lowest BCUT2D eigenvalue weighted by Gasteiger charge is -2.12. The van der Waals surface area contributed by atoms with Crippen LogP contribution in [-0.2, 0) is 0 Å². The molecule has 0 saturated heterocycles. The molecule has 1 atom stereocenters. The lowest BCUT2D eigenvalue weighted by molar-refractivity contribution is 0.893. The molecule has 0 saturated carbocycles. The van der Waals surface area contributed by atoms with Crippen LogP contribution in [0.15, 0.2) is 24.4 Å². The molecule has 3 nitrogen and oxygen atoms in total. The Bertz CT molecular complexity index is 486. The highest BCUT2D eigenvalue weighted by molar-refractivity contribution is 7.16. The van der Waals surface area contributed by atoms with Gasteiger partial charge in [-0.2, -0.15) is 0 Å². The van der Waals surface area contributed by atoms with E-state index in [0.29, 0.717) is 5.82 Å². The van der Waals surface area contributed by atoms with Gasteiger partial charge >= 0.3 is 0 Å². The summed E-state index contributed by atoms with van der Waals surface area (Å²) in [7, 11) is 0. The van der Waals surface area contributed by atoms with Gasteiger partial charge in [-0.15, -0.1) is 11.3 Å². The Morgan fingerprint density at radius 1 is 1.31 bits per heavy atom. The van der Waals surface area contributed by atoms with Crippen LogP contribution in [0, 0.1) is 0 Å². The molecule has 2 aromatic heterocycles. The van der Waals surface area contributed by atoms with E-state index in [1.807, 2.05) is 19.1 Å². The fraction of sp³-hybridized carbons (Fsp3) is 0.200. The molecule has 0 radical (unpaired) electrons. The quantitative estimate of drug-likeness (QED) is 0.859. The van der Waals surface area contributed by atoms with E-state index in [2.05, 4.69) is 15.3 Å². The number of aromatic nitrogens is 2. The van der Waals surface area contributed by atoms with Crippen LogP contribution in [0.3, 0.4) is 0 Å². The number of hydrogen-bond donors (Lipinski definition) is 1. The Labute approximate surface area is 107 Å². The number of anilines is 1. The van der Waals surface area contributed by atoms with Crippen molar-refractivity contribution in [2.45, 2.75) is 13.0 Å². The summed E-state index contributed by atoms with van der Waals surface area (Å²) < 4.78 is 0.782. The van der Waals surface area contributed by atoms with E-state index in [-0.39, 0.29) is 11.3 Å². The average Bonchev–Trinajstić information content (AvgIpc) is 2.65. The monoisotopic (exact) mass is 273 g/mol. The number of halogens is 2. The molecule has 0 spiro atoms. The van der Waals surface area contributed by atoms with Gasteiger partial charge in [-0.1, -0.05) is 11.6 Å². The van der Waals surface area contributed by atoms with Crippen molar-refractivity contribution in [2.24, 2.45) is 0 Å². The molecular weight excluding hydrogens is 265 g/mol. The predicted molar refractivity (Wildman–Crippen MR) is 68.4 cm³/mol. The highest BCUT2D eigenvalue weighted by atomic mass is 35.5. The van der Waals surface area contributed by atoms with Crippen molar-refractivity contribution in [1.29, 1.82) is 0 Å². The van der Waals surface area contributed by atoms with Crippen molar-refractivity contribution in [3.63, 3.8) is 0 Å². The fourth-order valence-corrected chi connectivity index (χ4v) is 2.48. The zero-order valence-electron chi connectivity index (χ0n) is 8.45. The van der Waals surface area contributed by atoms with Crippen molar-refractivity contribution >= 4 is 40.4 Å². The summed E-state index contributed by atoms with van der Waals surface area (Å²) in [5.41, 5.74) is 0. The topological polar surface area (TPSA) is 37.8 Å². The maximum absolute atomic E-state index is 5.88. The molecule has 2 rings (SSSR count). The summed E-state index contributed by atoms with van der Waals surface area (Å²) in [6.07, 6.45) is 1.62. The van der Waals surface area contributed by atoms with Crippen molar-refractivity contribution in [3.05, 3.63) is 38.9 Å². The van der Waals surface area contributed by atoms with E-state index in [4.69, 9.17) is 23.2 Å². The molecule has 0 fully saturated rings. The smallest absolute Gasteiger partial charge is 0.224 e. The first-order valence-electron chi connectivity index (χ1n) is 4.65. The third-order valence-electron chi connectivity index (χ3n) is 2.01. The van der Waals surface area contributed by atoms with Crippen LogP contribution in [0.2, 0.25) is 9.62 Å². The second-order valence-corrected chi connectivity index (χ2v) is 5.30. The standard InChI is InChI=1S/C10H9Cl2N3S/c1-6(7-2-3-8(11)16-7)14-9-4-5-13-10(12)15-9/h2-6H,1H3,(H,13,14,15). The first-order chi connectivity index (χ1) is 7.65. The SMILES string of the molecule is CC(Nc1ccnc(Cl)n1)c1ccc(Cl)s1. The van der Waals surface area contributed by atoms with Crippen LogP contribution in [0.1, 0.15) is 17.8 Å². The lowest BCUT2D eigenvalue weighted by atomic mass is 10.3. The number of rotatable bonds is 3. The molecule has 6 heteroatoms. The summed E-state index contributed by atoms with van der Waals surface area (Å²) in [4.78, 5) is 9.03. The minimum absolute atomic E-state index is 0.142. The maximum atomic E-state index is 5.88. The van der Waals surface area contributed by atoms with Crippen LogP contribution in [-0.4, -0.2) is 9.97 Å². The number of thiophene rings is 1. The Hall–Kier alpha value is -0.840. The number of nitrogens with one attached hydrogen (secondary N) is 1. The zero-order valence-corrected chi connectivity index (χ0v) is 10.8. The summed E-state index contributed by atoms with van der Waals surface area (Å²) in [5.74, 6) is 0.706. The lowest BCUT2D eigenvalue weighted by Crippen LogP contribution is -2.06. The second kappa shape index (κ2) is 4.99. The van der Waals surface area contributed by atoms with Crippen LogP contribution in [0.4, 0.5) is 5.82 Å². The van der Waals surface area contributed by atoms with E-state index in [1.165, 1.54) is 0 Å². The molecule has 0 bridgehead atoms. The van der Waals surface area contributed by atoms with E-state index in [1.54, 1.807) is 23.6 Å². The zero-order chi connectivity index (χ0) is 11.5. The fourth-order valence-electron chi connectivity index (χ4n) is 1.27. The maximum Gasteiger partial charge on any atom is 0.224 e. The molecule has 0 amide bonds. The molecule has 2 heterocycles. The van der Waals surface area contributed by atoms with Gasteiger partial charge in [0.1, 0.15) is 5.82 Å². The molecule has 16 heavy (non-hydrogen) atoms. The first kappa shape index (κ1) is 11.6. The minimum atomic E-state index is 0.142. The molecule has 84 valence electrons. The van der Waals surface area contributed by atoms with Crippen LogP contribution >= 0.6 is 34.5 Å². The van der Waals surface area contributed by atoms with Gasteiger partial charge in [0.2, 0.25) is 5.28 Å². The summed E-state index contributed by atoms with van der Waals surface area (Å²) in [6, 6.07) is 5.79. The average molecular weight is 274 g/mol. The van der Waals surface area contributed by atoms with Gasteiger partial charge in [0.25, 0.3) is 0 Å². The van der Waals surface area contributed by atoms with Crippen molar-refractivity contribution in [1.82, 2.24) is 9.97 Å². The van der Waals surface area contributed by atoms with E-state index < -0.39 is 0 Å². The van der Waals surface area contributed by atoms with Gasteiger partial charge in [0.15, 0.2) is 0 Å². The Kier molecular flexibility index (Phi) is 3.63. The summed E-state index contributed by atoms with van der Waals surface area (Å²) in [5, 5.41) is 3.47. The molecule has 0 aliphatic rings. The third-order valence-corrected chi connectivity index (χ3v) is 3.61. The van der Waals surface area contributed by atoms with Crippen LogP contribution in [0.5, 0.6) is 0 Å².